The highest BCUT2D eigenvalue weighted by molar-refractivity contribution is 5.49. The molecule has 0 fully saturated rings. The lowest BCUT2D eigenvalue weighted by Crippen LogP contribution is -2.36. The molecule has 2 N–H and O–H groups in total. The molecule has 0 amide bonds. The summed E-state index contributed by atoms with van der Waals surface area (Å²) in [7, 11) is 2.12. The van der Waals surface area contributed by atoms with Gasteiger partial charge in [0.1, 0.15) is 0 Å². The molecule has 0 aliphatic heterocycles. The zero-order valence-corrected chi connectivity index (χ0v) is 11.2. The Balaban J connectivity index is 2.66. The second-order valence-electron chi connectivity index (χ2n) is 5.43. The van der Waals surface area contributed by atoms with Crippen LogP contribution >= 0.6 is 0 Å². The fourth-order valence-corrected chi connectivity index (χ4v) is 1.55. The Morgan fingerprint density at radius 3 is 2.31 bits per heavy atom. The van der Waals surface area contributed by atoms with E-state index < -0.39 is 0 Å². The largest absolute Gasteiger partial charge is 0.375 e. The molecule has 1 aromatic rings. The first-order chi connectivity index (χ1) is 7.29. The van der Waals surface area contributed by atoms with E-state index in [1.165, 1.54) is 16.8 Å². The summed E-state index contributed by atoms with van der Waals surface area (Å²) in [5.41, 5.74) is 9.86. The van der Waals surface area contributed by atoms with E-state index in [1.807, 2.05) is 0 Å². The number of rotatable bonds is 4. The fourth-order valence-electron chi connectivity index (χ4n) is 1.55. The third kappa shape index (κ3) is 3.86. The number of hydrogen-bond donors (Lipinski definition) is 1. The van der Waals surface area contributed by atoms with E-state index in [0.29, 0.717) is 0 Å². The molecule has 2 nitrogen and oxygen atoms in total. The van der Waals surface area contributed by atoms with Crippen molar-refractivity contribution in [3.63, 3.8) is 0 Å². The Hall–Kier alpha value is -1.02. The third-order valence-electron chi connectivity index (χ3n) is 3.02. The quantitative estimate of drug-likeness (QED) is 0.845. The van der Waals surface area contributed by atoms with Crippen LogP contribution in [0.4, 0.5) is 5.69 Å². The number of anilines is 1. The monoisotopic (exact) mass is 220 g/mol. The van der Waals surface area contributed by atoms with Gasteiger partial charge in [-0.05, 0) is 57.4 Å². The molecule has 0 radical (unpaired) electrons. The molecule has 0 unspecified atom stereocenters. The fraction of sp³-hybridized carbons (Fsp3) is 0.571. The Kier molecular flexibility index (Phi) is 3.98. The van der Waals surface area contributed by atoms with Crippen molar-refractivity contribution in [2.45, 2.75) is 39.7 Å². The summed E-state index contributed by atoms with van der Waals surface area (Å²) in [6, 6.07) is 6.58. The van der Waals surface area contributed by atoms with Gasteiger partial charge in [-0.1, -0.05) is 6.07 Å². The maximum absolute atomic E-state index is 5.99. The maximum Gasteiger partial charge on any atom is 0.0366 e. The first-order valence-corrected chi connectivity index (χ1v) is 5.87. The Labute approximate surface area is 99.5 Å². The summed E-state index contributed by atoms with van der Waals surface area (Å²) < 4.78 is 0. The molecule has 0 aromatic heterocycles. The number of aryl methyl sites for hydroxylation is 2. The van der Waals surface area contributed by atoms with E-state index >= 15 is 0 Å². The number of nitrogens with zero attached hydrogens (tertiary/aromatic N) is 1. The summed E-state index contributed by atoms with van der Waals surface area (Å²) in [5.74, 6) is 0. The van der Waals surface area contributed by atoms with Gasteiger partial charge in [-0.25, -0.2) is 0 Å². The summed E-state index contributed by atoms with van der Waals surface area (Å²) in [4.78, 5) is 2.26. The SMILES string of the molecule is Cc1ccc(N(C)CCC(C)(C)N)cc1C. The molecule has 0 aliphatic carbocycles. The predicted octanol–water partition coefficient (Wildman–Crippen LogP) is 2.87. The molecule has 0 atom stereocenters. The van der Waals surface area contributed by atoms with Gasteiger partial charge in [0, 0.05) is 24.8 Å². The van der Waals surface area contributed by atoms with Crippen molar-refractivity contribution < 1.29 is 0 Å². The van der Waals surface area contributed by atoms with Crippen LogP contribution in [-0.2, 0) is 0 Å². The van der Waals surface area contributed by atoms with Gasteiger partial charge in [0.2, 0.25) is 0 Å². The number of nitrogens with two attached hydrogens (primary N) is 1. The van der Waals surface area contributed by atoms with Crippen LogP contribution in [0.1, 0.15) is 31.4 Å². The Morgan fingerprint density at radius 2 is 1.81 bits per heavy atom. The van der Waals surface area contributed by atoms with Crippen LogP contribution in [0.2, 0.25) is 0 Å². The highest BCUT2D eigenvalue weighted by atomic mass is 15.1. The first-order valence-electron chi connectivity index (χ1n) is 5.87. The minimum atomic E-state index is -0.0893. The summed E-state index contributed by atoms with van der Waals surface area (Å²) >= 11 is 0. The minimum Gasteiger partial charge on any atom is -0.375 e. The maximum atomic E-state index is 5.99. The van der Waals surface area contributed by atoms with E-state index in [1.54, 1.807) is 0 Å². The number of hydrogen-bond acceptors (Lipinski definition) is 2. The zero-order chi connectivity index (χ0) is 12.3. The van der Waals surface area contributed by atoms with Gasteiger partial charge in [0.05, 0.1) is 0 Å². The molecular weight excluding hydrogens is 196 g/mol. The molecule has 0 aliphatic rings. The smallest absolute Gasteiger partial charge is 0.0366 e. The molecule has 0 bridgehead atoms. The Morgan fingerprint density at radius 1 is 1.19 bits per heavy atom. The zero-order valence-electron chi connectivity index (χ0n) is 11.2. The van der Waals surface area contributed by atoms with E-state index in [0.717, 1.165) is 13.0 Å². The van der Waals surface area contributed by atoms with Crippen molar-refractivity contribution in [2.75, 3.05) is 18.5 Å². The molecule has 0 saturated heterocycles. The van der Waals surface area contributed by atoms with Crippen LogP contribution in [0.3, 0.4) is 0 Å². The molecule has 0 saturated carbocycles. The normalized spacial score (nSPS) is 11.6. The van der Waals surface area contributed by atoms with Crippen LogP contribution in [0, 0.1) is 13.8 Å². The predicted molar refractivity (Wildman–Crippen MR) is 72.1 cm³/mol. The van der Waals surface area contributed by atoms with Gasteiger partial charge in [-0.15, -0.1) is 0 Å². The van der Waals surface area contributed by atoms with E-state index in [4.69, 9.17) is 5.73 Å². The molecule has 1 aromatic carbocycles. The molecule has 0 spiro atoms. The molecule has 16 heavy (non-hydrogen) atoms. The van der Waals surface area contributed by atoms with E-state index in [9.17, 15) is 0 Å². The molecule has 2 heteroatoms. The highest BCUT2D eigenvalue weighted by Crippen LogP contribution is 2.18. The second kappa shape index (κ2) is 4.88. The lowest BCUT2D eigenvalue weighted by molar-refractivity contribution is 0.479. The summed E-state index contributed by atoms with van der Waals surface area (Å²) in [6.45, 7) is 9.43. The standard InChI is InChI=1S/C14H24N2/c1-11-6-7-13(10-12(11)2)16(5)9-8-14(3,4)15/h6-7,10H,8-9,15H2,1-5H3. The summed E-state index contributed by atoms with van der Waals surface area (Å²) in [5, 5.41) is 0. The molecule has 0 heterocycles. The van der Waals surface area contributed by atoms with Gasteiger partial charge in [-0.2, -0.15) is 0 Å². The Bertz CT molecular complexity index is 350. The van der Waals surface area contributed by atoms with Crippen LogP contribution in [0.25, 0.3) is 0 Å². The average Bonchev–Trinajstić information content (AvgIpc) is 2.17. The van der Waals surface area contributed by atoms with Gasteiger partial charge in [-0.3, -0.25) is 0 Å². The minimum absolute atomic E-state index is 0.0893. The third-order valence-corrected chi connectivity index (χ3v) is 3.02. The van der Waals surface area contributed by atoms with Crippen molar-refractivity contribution in [2.24, 2.45) is 5.73 Å². The van der Waals surface area contributed by atoms with Crippen molar-refractivity contribution in [3.05, 3.63) is 29.3 Å². The van der Waals surface area contributed by atoms with Crippen LogP contribution in [-0.4, -0.2) is 19.1 Å². The van der Waals surface area contributed by atoms with Crippen LogP contribution in [0.15, 0.2) is 18.2 Å². The van der Waals surface area contributed by atoms with E-state index in [-0.39, 0.29) is 5.54 Å². The van der Waals surface area contributed by atoms with Crippen molar-refractivity contribution in [1.29, 1.82) is 0 Å². The number of benzene rings is 1. The molecular formula is C14H24N2. The molecule has 90 valence electrons. The highest BCUT2D eigenvalue weighted by Gasteiger charge is 2.12. The van der Waals surface area contributed by atoms with Gasteiger partial charge < -0.3 is 10.6 Å². The second-order valence-corrected chi connectivity index (χ2v) is 5.43. The van der Waals surface area contributed by atoms with Crippen molar-refractivity contribution >= 4 is 5.69 Å². The van der Waals surface area contributed by atoms with E-state index in [2.05, 4.69) is 57.8 Å². The lowest BCUT2D eigenvalue weighted by atomic mass is 10.0. The van der Waals surface area contributed by atoms with Crippen molar-refractivity contribution in [3.8, 4) is 0 Å². The van der Waals surface area contributed by atoms with Crippen LogP contribution < -0.4 is 10.6 Å². The van der Waals surface area contributed by atoms with Crippen molar-refractivity contribution in [1.82, 2.24) is 0 Å². The topological polar surface area (TPSA) is 29.3 Å². The summed E-state index contributed by atoms with van der Waals surface area (Å²) in [6.07, 6.45) is 0.996. The first kappa shape index (κ1) is 13.0. The van der Waals surface area contributed by atoms with Gasteiger partial charge in [0.15, 0.2) is 0 Å². The lowest BCUT2D eigenvalue weighted by Gasteiger charge is -2.25. The molecule has 1 rings (SSSR count). The van der Waals surface area contributed by atoms with Crippen LogP contribution in [0.5, 0.6) is 0 Å². The van der Waals surface area contributed by atoms with Gasteiger partial charge >= 0.3 is 0 Å². The van der Waals surface area contributed by atoms with Gasteiger partial charge in [0.25, 0.3) is 0 Å². The average molecular weight is 220 g/mol.